The number of nitrogens with one attached hydrogen (secondary N) is 1. The van der Waals surface area contributed by atoms with E-state index in [0.29, 0.717) is 11.1 Å². The molecule has 0 saturated carbocycles. The van der Waals surface area contributed by atoms with Gasteiger partial charge >= 0.3 is 5.97 Å². The summed E-state index contributed by atoms with van der Waals surface area (Å²) in [5.74, 6) is -1.30. The van der Waals surface area contributed by atoms with Gasteiger partial charge in [0.1, 0.15) is 0 Å². The molecule has 1 rings (SSSR count). The molecular weight excluding hydrogens is 244 g/mol. The molecule has 0 atom stereocenters. The molecule has 2 N–H and O–H groups in total. The largest absolute Gasteiger partial charge is 0.478 e. The van der Waals surface area contributed by atoms with E-state index >= 15 is 0 Å². The van der Waals surface area contributed by atoms with Crippen LogP contribution in [0.4, 0.5) is 0 Å². The molecule has 0 aromatic carbocycles. The average Bonchev–Trinajstić information content (AvgIpc) is 2.36. The third-order valence-corrected chi connectivity index (χ3v) is 2.84. The number of carbonyl (C=O) groups excluding carboxylic acids is 1. The first kappa shape index (κ1) is 14.9. The van der Waals surface area contributed by atoms with Gasteiger partial charge in [0.15, 0.2) is 0 Å². The first-order valence-corrected chi connectivity index (χ1v) is 6.03. The van der Waals surface area contributed by atoms with Crippen molar-refractivity contribution in [1.29, 1.82) is 0 Å². The topological polar surface area (TPSA) is 79.3 Å². The van der Waals surface area contributed by atoms with E-state index in [-0.39, 0.29) is 11.4 Å². The molecule has 102 valence electrons. The van der Waals surface area contributed by atoms with Crippen LogP contribution >= 0.6 is 0 Å². The molecule has 19 heavy (non-hydrogen) atoms. The zero-order chi connectivity index (χ0) is 14.5. The zero-order valence-corrected chi connectivity index (χ0v) is 11.3. The summed E-state index contributed by atoms with van der Waals surface area (Å²) in [4.78, 5) is 26.6. The smallest absolute Gasteiger partial charge is 0.328 e. The quantitative estimate of drug-likeness (QED) is 0.796. The highest BCUT2D eigenvalue weighted by molar-refractivity contribution is 5.99. The van der Waals surface area contributed by atoms with Gasteiger partial charge < -0.3 is 10.4 Å². The molecule has 1 aromatic rings. The minimum absolute atomic E-state index is 0.237. The number of pyridine rings is 1. The number of nitrogens with zero attached hydrogens (tertiary/aromatic N) is 1. The van der Waals surface area contributed by atoms with Crippen molar-refractivity contribution in [3.8, 4) is 0 Å². The van der Waals surface area contributed by atoms with Crippen molar-refractivity contribution in [1.82, 2.24) is 10.3 Å². The standard InChI is InChI=1S/C14H18N2O3/c1-4-14(2,3)16-13(19)11-7-8-15-9-10(11)5-6-12(17)18/h5-9H,4H2,1-3H3,(H,16,19)(H,17,18). The summed E-state index contributed by atoms with van der Waals surface area (Å²) in [7, 11) is 0. The highest BCUT2D eigenvalue weighted by Crippen LogP contribution is 2.13. The lowest BCUT2D eigenvalue weighted by molar-refractivity contribution is -0.131. The molecule has 0 fully saturated rings. The van der Waals surface area contributed by atoms with Crippen LogP contribution < -0.4 is 5.32 Å². The van der Waals surface area contributed by atoms with E-state index in [2.05, 4.69) is 10.3 Å². The Morgan fingerprint density at radius 1 is 1.47 bits per heavy atom. The van der Waals surface area contributed by atoms with Crippen molar-refractivity contribution in [3.05, 3.63) is 35.7 Å². The fourth-order valence-corrected chi connectivity index (χ4v) is 1.37. The summed E-state index contributed by atoms with van der Waals surface area (Å²) in [6, 6.07) is 1.57. The van der Waals surface area contributed by atoms with Crippen LogP contribution in [0.1, 0.15) is 43.1 Å². The van der Waals surface area contributed by atoms with Crippen LogP contribution in [0.3, 0.4) is 0 Å². The molecule has 1 amide bonds. The normalized spacial score (nSPS) is 11.5. The van der Waals surface area contributed by atoms with Gasteiger partial charge in [-0.05, 0) is 32.4 Å². The lowest BCUT2D eigenvalue weighted by Crippen LogP contribution is -2.43. The van der Waals surface area contributed by atoms with Crippen molar-refractivity contribution < 1.29 is 14.7 Å². The SMILES string of the molecule is CCC(C)(C)NC(=O)c1ccncc1C=CC(=O)O. The Morgan fingerprint density at radius 2 is 2.16 bits per heavy atom. The molecule has 5 nitrogen and oxygen atoms in total. The highest BCUT2D eigenvalue weighted by Gasteiger charge is 2.20. The second-order valence-corrected chi connectivity index (χ2v) is 4.83. The second kappa shape index (κ2) is 6.13. The van der Waals surface area contributed by atoms with E-state index in [9.17, 15) is 9.59 Å². The van der Waals surface area contributed by atoms with Gasteiger partial charge in [-0.3, -0.25) is 9.78 Å². The molecule has 0 aliphatic rings. The van der Waals surface area contributed by atoms with E-state index in [0.717, 1.165) is 12.5 Å². The summed E-state index contributed by atoms with van der Waals surface area (Å²) >= 11 is 0. The summed E-state index contributed by atoms with van der Waals surface area (Å²) in [6.07, 6.45) is 6.12. The molecule has 0 radical (unpaired) electrons. The van der Waals surface area contributed by atoms with Crippen LogP contribution in [0, 0.1) is 0 Å². The lowest BCUT2D eigenvalue weighted by Gasteiger charge is -2.24. The summed E-state index contributed by atoms with van der Waals surface area (Å²) in [5, 5.41) is 11.5. The molecule has 5 heteroatoms. The number of amides is 1. The Morgan fingerprint density at radius 3 is 2.74 bits per heavy atom. The number of aliphatic carboxylic acids is 1. The maximum Gasteiger partial charge on any atom is 0.328 e. The minimum atomic E-state index is -1.07. The van der Waals surface area contributed by atoms with Crippen LogP contribution in [0.5, 0.6) is 0 Å². The second-order valence-electron chi connectivity index (χ2n) is 4.83. The van der Waals surface area contributed by atoms with Crippen LogP contribution in [0.25, 0.3) is 6.08 Å². The van der Waals surface area contributed by atoms with Gasteiger partial charge in [0.05, 0.1) is 0 Å². The Balaban J connectivity index is 3.00. The molecule has 1 heterocycles. The molecule has 0 aliphatic heterocycles. The number of carboxylic acids is 1. The molecule has 0 saturated heterocycles. The molecule has 0 unspecified atom stereocenters. The molecule has 1 aromatic heterocycles. The number of rotatable bonds is 5. The third kappa shape index (κ3) is 4.54. The van der Waals surface area contributed by atoms with Crippen LogP contribution in [0.2, 0.25) is 0 Å². The lowest BCUT2D eigenvalue weighted by atomic mass is 10.0. The minimum Gasteiger partial charge on any atom is -0.478 e. The summed E-state index contributed by atoms with van der Waals surface area (Å²) < 4.78 is 0. The number of hydrogen-bond donors (Lipinski definition) is 2. The van der Waals surface area contributed by atoms with E-state index in [1.165, 1.54) is 18.5 Å². The summed E-state index contributed by atoms with van der Waals surface area (Å²) in [5.41, 5.74) is 0.581. The average molecular weight is 262 g/mol. The van der Waals surface area contributed by atoms with Crippen molar-refractivity contribution in [3.63, 3.8) is 0 Å². The summed E-state index contributed by atoms with van der Waals surface area (Å²) in [6.45, 7) is 5.84. The molecule has 0 spiro atoms. The van der Waals surface area contributed by atoms with E-state index < -0.39 is 5.97 Å². The predicted molar refractivity (Wildman–Crippen MR) is 72.7 cm³/mol. The predicted octanol–water partition coefficient (Wildman–Crippen LogP) is 2.10. The highest BCUT2D eigenvalue weighted by atomic mass is 16.4. The van der Waals surface area contributed by atoms with Crippen molar-refractivity contribution in [2.24, 2.45) is 0 Å². The van der Waals surface area contributed by atoms with Gasteiger partial charge in [0.25, 0.3) is 5.91 Å². The first-order chi connectivity index (χ1) is 8.85. The third-order valence-electron chi connectivity index (χ3n) is 2.84. The van der Waals surface area contributed by atoms with Gasteiger partial charge in [-0.15, -0.1) is 0 Å². The van der Waals surface area contributed by atoms with Gasteiger partial charge in [0.2, 0.25) is 0 Å². The number of hydrogen-bond acceptors (Lipinski definition) is 3. The maximum atomic E-state index is 12.2. The van der Waals surface area contributed by atoms with E-state index in [4.69, 9.17) is 5.11 Å². The van der Waals surface area contributed by atoms with Crippen LogP contribution in [0.15, 0.2) is 24.5 Å². The van der Waals surface area contributed by atoms with Crippen molar-refractivity contribution in [2.75, 3.05) is 0 Å². The van der Waals surface area contributed by atoms with E-state index in [1.54, 1.807) is 6.07 Å². The number of carbonyl (C=O) groups is 2. The monoisotopic (exact) mass is 262 g/mol. The van der Waals surface area contributed by atoms with Gasteiger partial charge in [-0.25, -0.2) is 4.79 Å². The Bertz CT molecular complexity index is 507. The zero-order valence-electron chi connectivity index (χ0n) is 11.3. The van der Waals surface area contributed by atoms with Gasteiger partial charge in [-0.2, -0.15) is 0 Å². The van der Waals surface area contributed by atoms with E-state index in [1.807, 2.05) is 20.8 Å². The van der Waals surface area contributed by atoms with Gasteiger partial charge in [0, 0.05) is 35.1 Å². The molecule has 0 bridgehead atoms. The van der Waals surface area contributed by atoms with Gasteiger partial charge in [-0.1, -0.05) is 6.92 Å². The Hall–Kier alpha value is -2.17. The van der Waals surface area contributed by atoms with Crippen LogP contribution in [-0.2, 0) is 4.79 Å². The van der Waals surface area contributed by atoms with Crippen LogP contribution in [-0.4, -0.2) is 27.5 Å². The maximum absolute atomic E-state index is 12.2. The van der Waals surface area contributed by atoms with Crippen molar-refractivity contribution >= 4 is 18.0 Å². The molecule has 0 aliphatic carbocycles. The number of carboxylic acid groups (broad SMARTS) is 1. The fraction of sp³-hybridized carbons (Fsp3) is 0.357. The number of aromatic nitrogens is 1. The Labute approximate surface area is 112 Å². The van der Waals surface area contributed by atoms with Crippen molar-refractivity contribution in [2.45, 2.75) is 32.7 Å². The fourth-order valence-electron chi connectivity index (χ4n) is 1.37. The Kier molecular flexibility index (Phi) is 4.80. The molecular formula is C14H18N2O3. The first-order valence-electron chi connectivity index (χ1n) is 6.03.